The Bertz CT molecular complexity index is 804. The molecule has 2 aliphatic rings. The van der Waals surface area contributed by atoms with Crippen LogP contribution in [0, 0.1) is 5.92 Å². The van der Waals surface area contributed by atoms with Gasteiger partial charge in [0.1, 0.15) is 11.7 Å². The van der Waals surface area contributed by atoms with Gasteiger partial charge in [0.15, 0.2) is 0 Å². The zero-order chi connectivity index (χ0) is 17.3. The molecular weight excluding hydrogens is 310 g/mol. The number of allylic oxidation sites excluding steroid dienone is 2. The average molecular weight is 327 g/mol. The number of methoxy groups -OCH3 is 2. The van der Waals surface area contributed by atoms with E-state index in [1.165, 1.54) is 14.2 Å². The van der Waals surface area contributed by atoms with Crippen molar-refractivity contribution in [1.82, 2.24) is 0 Å². The molecule has 0 aromatic heterocycles. The van der Waals surface area contributed by atoms with E-state index < -0.39 is 11.9 Å². The number of hydrogen-bond donors (Lipinski definition) is 0. The van der Waals surface area contributed by atoms with Crippen molar-refractivity contribution in [3.63, 3.8) is 0 Å². The van der Waals surface area contributed by atoms with Crippen LogP contribution in [0.5, 0.6) is 0 Å². The molecule has 1 aromatic rings. The molecule has 124 valence electrons. The Morgan fingerprint density at radius 3 is 2.71 bits per heavy atom. The molecule has 0 saturated carbocycles. The molecule has 0 N–H and O–H groups in total. The third-order valence-corrected chi connectivity index (χ3v) is 3.91. The van der Waals surface area contributed by atoms with E-state index in [2.05, 4.69) is 4.99 Å². The van der Waals surface area contributed by atoms with E-state index >= 15 is 0 Å². The van der Waals surface area contributed by atoms with Crippen LogP contribution in [0.15, 0.2) is 41.1 Å². The van der Waals surface area contributed by atoms with Crippen molar-refractivity contribution >= 4 is 28.9 Å². The van der Waals surface area contributed by atoms with Crippen molar-refractivity contribution in [2.24, 2.45) is 10.9 Å². The van der Waals surface area contributed by atoms with Gasteiger partial charge in [-0.2, -0.15) is 0 Å². The summed E-state index contributed by atoms with van der Waals surface area (Å²) < 4.78 is 15.2. The molecule has 0 amide bonds. The Kier molecular flexibility index (Phi) is 4.20. The highest BCUT2D eigenvalue weighted by atomic mass is 16.5. The van der Waals surface area contributed by atoms with E-state index in [9.17, 15) is 9.59 Å². The van der Waals surface area contributed by atoms with Gasteiger partial charge in [-0.25, -0.2) is 4.79 Å². The normalized spacial score (nSPS) is 17.8. The predicted octanol–water partition coefficient (Wildman–Crippen LogP) is 2.67. The van der Waals surface area contributed by atoms with Crippen LogP contribution in [0.25, 0.3) is 5.57 Å². The number of ether oxygens (including phenoxy) is 3. The van der Waals surface area contributed by atoms with Crippen molar-refractivity contribution in [3.8, 4) is 0 Å². The smallest absolute Gasteiger partial charge is 0.337 e. The van der Waals surface area contributed by atoms with E-state index in [4.69, 9.17) is 14.2 Å². The van der Waals surface area contributed by atoms with Crippen molar-refractivity contribution in [1.29, 1.82) is 0 Å². The van der Waals surface area contributed by atoms with Crippen molar-refractivity contribution in [2.75, 3.05) is 20.8 Å². The summed E-state index contributed by atoms with van der Waals surface area (Å²) in [5.41, 5.74) is 3.25. The molecule has 0 bridgehead atoms. The monoisotopic (exact) mass is 327 g/mol. The summed E-state index contributed by atoms with van der Waals surface area (Å²) in [6.45, 7) is 2.05. The highest BCUT2D eigenvalue weighted by Crippen LogP contribution is 2.41. The maximum atomic E-state index is 12.3. The molecule has 0 radical (unpaired) electrons. The van der Waals surface area contributed by atoms with Gasteiger partial charge in [0, 0.05) is 11.1 Å². The number of rotatable bonds is 4. The van der Waals surface area contributed by atoms with Crippen LogP contribution >= 0.6 is 0 Å². The van der Waals surface area contributed by atoms with Gasteiger partial charge in [-0.1, -0.05) is 0 Å². The number of nitrogens with zero attached hydrogens (tertiary/aromatic N) is 1. The summed E-state index contributed by atoms with van der Waals surface area (Å²) in [5, 5.41) is 0. The fourth-order valence-corrected chi connectivity index (χ4v) is 2.78. The minimum Gasteiger partial charge on any atom is -0.497 e. The summed E-state index contributed by atoms with van der Waals surface area (Å²) in [6, 6.07) is 5.10. The number of carbonyl (C=O) groups is 2. The Labute approximate surface area is 139 Å². The van der Waals surface area contributed by atoms with Crippen LogP contribution in [0.2, 0.25) is 0 Å². The molecule has 0 saturated heterocycles. The van der Waals surface area contributed by atoms with Gasteiger partial charge in [-0.3, -0.25) is 9.79 Å². The topological polar surface area (TPSA) is 74.2 Å². The first-order valence-corrected chi connectivity index (χ1v) is 7.54. The predicted molar refractivity (Wildman–Crippen MR) is 88.1 cm³/mol. The SMILES string of the molecule is CCOC(=O)C1C=C(OC)C=C2C1=Nc1ccc(C(=O)OC)cc12. The van der Waals surface area contributed by atoms with Crippen molar-refractivity contribution in [3.05, 3.63) is 47.2 Å². The highest BCUT2D eigenvalue weighted by Gasteiger charge is 2.35. The number of esters is 2. The van der Waals surface area contributed by atoms with Crippen LogP contribution in [-0.2, 0) is 19.0 Å². The van der Waals surface area contributed by atoms with Gasteiger partial charge in [0.2, 0.25) is 0 Å². The highest BCUT2D eigenvalue weighted by molar-refractivity contribution is 6.35. The quantitative estimate of drug-likeness (QED) is 0.795. The van der Waals surface area contributed by atoms with Crippen LogP contribution in [-0.4, -0.2) is 38.5 Å². The third-order valence-electron chi connectivity index (χ3n) is 3.91. The maximum Gasteiger partial charge on any atom is 0.337 e. The lowest BCUT2D eigenvalue weighted by atomic mass is 9.88. The number of aliphatic imine (C=N–C) groups is 1. The fourth-order valence-electron chi connectivity index (χ4n) is 2.78. The maximum absolute atomic E-state index is 12.3. The zero-order valence-electron chi connectivity index (χ0n) is 13.7. The molecule has 1 aliphatic heterocycles. The first-order valence-electron chi connectivity index (χ1n) is 7.54. The molecule has 0 fully saturated rings. The second-order valence-corrected chi connectivity index (χ2v) is 5.28. The van der Waals surface area contributed by atoms with E-state index in [0.717, 1.165) is 11.1 Å². The van der Waals surface area contributed by atoms with Gasteiger partial charge in [-0.15, -0.1) is 0 Å². The number of fused-ring (bicyclic) bond motifs is 3. The second kappa shape index (κ2) is 6.31. The van der Waals surface area contributed by atoms with Gasteiger partial charge >= 0.3 is 11.9 Å². The lowest BCUT2D eigenvalue weighted by Crippen LogP contribution is -2.26. The average Bonchev–Trinajstić information content (AvgIpc) is 2.97. The lowest BCUT2D eigenvalue weighted by molar-refractivity contribution is -0.144. The van der Waals surface area contributed by atoms with E-state index in [1.54, 1.807) is 37.3 Å². The molecule has 1 heterocycles. The first kappa shape index (κ1) is 16.0. The molecule has 6 heteroatoms. The van der Waals surface area contributed by atoms with Crippen molar-refractivity contribution in [2.45, 2.75) is 6.92 Å². The number of carbonyl (C=O) groups excluding carboxylic acids is 2. The molecule has 1 unspecified atom stereocenters. The van der Waals surface area contributed by atoms with Crippen LogP contribution in [0.4, 0.5) is 5.69 Å². The summed E-state index contributed by atoms with van der Waals surface area (Å²) >= 11 is 0. The molecule has 6 nitrogen and oxygen atoms in total. The Balaban J connectivity index is 2.06. The van der Waals surface area contributed by atoms with Crippen LogP contribution in [0.3, 0.4) is 0 Å². The number of benzene rings is 1. The van der Waals surface area contributed by atoms with E-state index in [0.29, 0.717) is 22.7 Å². The Morgan fingerprint density at radius 1 is 1.25 bits per heavy atom. The minimum atomic E-state index is -0.631. The van der Waals surface area contributed by atoms with E-state index in [1.807, 2.05) is 0 Å². The minimum absolute atomic E-state index is 0.289. The van der Waals surface area contributed by atoms with Crippen molar-refractivity contribution < 1.29 is 23.8 Å². The first-order chi connectivity index (χ1) is 11.6. The van der Waals surface area contributed by atoms with Gasteiger partial charge in [0.25, 0.3) is 0 Å². The summed E-state index contributed by atoms with van der Waals surface area (Å²) in [6.07, 6.45) is 3.49. The largest absolute Gasteiger partial charge is 0.497 e. The fraction of sp³-hybridized carbons (Fsp3) is 0.278. The third kappa shape index (κ3) is 2.60. The summed E-state index contributed by atoms with van der Waals surface area (Å²) in [4.78, 5) is 28.6. The Morgan fingerprint density at radius 2 is 2.04 bits per heavy atom. The molecular formula is C18H17NO5. The summed E-state index contributed by atoms with van der Waals surface area (Å²) in [5.74, 6) is -0.878. The Hall–Kier alpha value is -2.89. The molecule has 0 spiro atoms. The van der Waals surface area contributed by atoms with Gasteiger partial charge < -0.3 is 14.2 Å². The summed E-state index contributed by atoms with van der Waals surface area (Å²) in [7, 11) is 2.87. The van der Waals surface area contributed by atoms with Crippen LogP contribution in [0.1, 0.15) is 22.8 Å². The molecule has 24 heavy (non-hydrogen) atoms. The lowest BCUT2D eigenvalue weighted by Gasteiger charge is -2.19. The zero-order valence-corrected chi connectivity index (χ0v) is 13.7. The van der Waals surface area contributed by atoms with Gasteiger partial charge in [0.05, 0.1) is 37.8 Å². The molecule has 3 rings (SSSR count). The number of hydrogen-bond acceptors (Lipinski definition) is 6. The standard InChI is InChI=1S/C18H17NO5/c1-4-24-18(21)14-9-11(22-2)8-13-12-7-10(17(20)23-3)5-6-15(12)19-16(13)14/h5-9,14H,4H2,1-3H3. The molecule has 1 aliphatic carbocycles. The molecule has 1 atom stereocenters. The second-order valence-electron chi connectivity index (χ2n) is 5.28. The van der Waals surface area contributed by atoms with E-state index in [-0.39, 0.29) is 12.6 Å². The van der Waals surface area contributed by atoms with Crippen LogP contribution < -0.4 is 0 Å². The molecule has 1 aromatic carbocycles. The van der Waals surface area contributed by atoms with Gasteiger partial charge in [-0.05, 0) is 37.3 Å².